The lowest BCUT2D eigenvalue weighted by atomic mass is 9.84. The first-order valence-electron chi connectivity index (χ1n) is 9.55. The lowest BCUT2D eigenvalue weighted by Gasteiger charge is -2.42. The van der Waals surface area contributed by atoms with Crippen LogP contribution in [0.15, 0.2) is 0 Å². The molecule has 1 aliphatic heterocycles. The van der Waals surface area contributed by atoms with E-state index in [1.165, 1.54) is 90.4 Å². The molecular weight excluding hydrogens is 258 g/mol. The Hall–Kier alpha value is -0.120. The van der Waals surface area contributed by atoms with Gasteiger partial charge in [-0.15, -0.1) is 0 Å². The van der Waals surface area contributed by atoms with Crippen molar-refractivity contribution in [3.05, 3.63) is 0 Å². The molecule has 1 saturated heterocycles. The van der Waals surface area contributed by atoms with E-state index in [1.54, 1.807) is 0 Å². The third kappa shape index (κ3) is 4.20. The molecule has 2 aliphatic carbocycles. The average molecular weight is 293 g/mol. The van der Waals surface area contributed by atoms with Gasteiger partial charge in [0.05, 0.1) is 0 Å². The molecule has 1 heterocycles. The smallest absolute Gasteiger partial charge is 0.0222 e. The van der Waals surface area contributed by atoms with Crippen molar-refractivity contribution in [2.45, 2.75) is 76.3 Å². The summed E-state index contributed by atoms with van der Waals surface area (Å²) < 4.78 is 0. The van der Waals surface area contributed by atoms with Crippen LogP contribution in [0.4, 0.5) is 0 Å². The van der Waals surface area contributed by atoms with Gasteiger partial charge in [0.15, 0.2) is 0 Å². The Bertz CT molecular complexity index is 287. The lowest BCUT2D eigenvalue weighted by molar-refractivity contribution is 0.0620. The first-order chi connectivity index (χ1) is 10.4. The molecule has 3 aliphatic rings. The number of nitrogens with zero attached hydrogens (tertiary/aromatic N) is 2. The van der Waals surface area contributed by atoms with Crippen LogP contribution in [-0.2, 0) is 0 Å². The molecule has 3 fully saturated rings. The van der Waals surface area contributed by atoms with Gasteiger partial charge in [-0.05, 0) is 25.2 Å². The minimum Gasteiger partial charge on any atom is -0.329 e. The highest BCUT2D eigenvalue weighted by molar-refractivity contribution is 4.86. The van der Waals surface area contributed by atoms with Crippen LogP contribution in [0.3, 0.4) is 0 Å². The fourth-order valence-corrected chi connectivity index (χ4v) is 4.94. The summed E-state index contributed by atoms with van der Waals surface area (Å²) >= 11 is 0. The van der Waals surface area contributed by atoms with E-state index in [0.29, 0.717) is 6.04 Å². The van der Waals surface area contributed by atoms with E-state index in [9.17, 15) is 0 Å². The predicted molar refractivity (Wildman–Crippen MR) is 89.4 cm³/mol. The van der Waals surface area contributed by atoms with E-state index in [4.69, 9.17) is 5.73 Å². The highest BCUT2D eigenvalue weighted by Crippen LogP contribution is 2.29. The Morgan fingerprint density at radius 3 is 2.05 bits per heavy atom. The van der Waals surface area contributed by atoms with Gasteiger partial charge >= 0.3 is 0 Å². The molecule has 0 aromatic rings. The van der Waals surface area contributed by atoms with Gasteiger partial charge in [0.25, 0.3) is 0 Å². The molecule has 0 amide bonds. The van der Waals surface area contributed by atoms with Gasteiger partial charge in [0.1, 0.15) is 0 Å². The molecule has 3 nitrogen and oxygen atoms in total. The molecular formula is C18H35N3. The molecule has 0 radical (unpaired) electrons. The molecule has 122 valence electrons. The normalized spacial score (nSPS) is 29.0. The summed E-state index contributed by atoms with van der Waals surface area (Å²) in [5.74, 6) is 0.958. The maximum absolute atomic E-state index is 6.12. The monoisotopic (exact) mass is 293 g/mol. The van der Waals surface area contributed by atoms with Crippen LogP contribution in [0.1, 0.15) is 64.2 Å². The number of nitrogens with two attached hydrogens (primary N) is 1. The summed E-state index contributed by atoms with van der Waals surface area (Å²) in [4.78, 5) is 5.47. The van der Waals surface area contributed by atoms with E-state index >= 15 is 0 Å². The standard InChI is InChI=1S/C18H35N3/c19-15-18(14-16-6-2-1-3-7-16)21-12-10-20(11-13-21)17-8-4-5-9-17/h16-18H,1-15,19H2. The second-order valence-corrected chi connectivity index (χ2v) is 7.64. The van der Waals surface area contributed by atoms with Crippen LogP contribution in [0.5, 0.6) is 0 Å². The first-order valence-corrected chi connectivity index (χ1v) is 9.55. The van der Waals surface area contributed by atoms with Gasteiger partial charge in [0.2, 0.25) is 0 Å². The van der Waals surface area contributed by atoms with Crippen molar-refractivity contribution in [2.75, 3.05) is 32.7 Å². The maximum atomic E-state index is 6.12. The third-order valence-corrected chi connectivity index (χ3v) is 6.31. The summed E-state index contributed by atoms with van der Waals surface area (Å²) in [6, 6.07) is 1.56. The van der Waals surface area contributed by atoms with Crippen LogP contribution in [0.25, 0.3) is 0 Å². The molecule has 2 N–H and O–H groups in total. The SMILES string of the molecule is NCC(CC1CCCCC1)N1CCN(C2CCCC2)CC1. The van der Waals surface area contributed by atoms with Crippen LogP contribution in [0.2, 0.25) is 0 Å². The van der Waals surface area contributed by atoms with E-state index in [1.807, 2.05) is 0 Å². The molecule has 0 bridgehead atoms. The molecule has 1 atom stereocenters. The highest BCUT2D eigenvalue weighted by atomic mass is 15.3. The second kappa shape index (κ2) is 7.94. The molecule has 3 rings (SSSR count). The van der Waals surface area contributed by atoms with Gasteiger partial charge in [-0.3, -0.25) is 9.80 Å². The van der Waals surface area contributed by atoms with Crippen molar-refractivity contribution in [3.8, 4) is 0 Å². The average Bonchev–Trinajstić information content (AvgIpc) is 3.08. The van der Waals surface area contributed by atoms with E-state index in [2.05, 4.69) is 9.80 Å². The largest absolute Gasteiger partial charge is 0.329 e. The van der Waals surface area contributed by atoms with E-state index in [0.717, 1.165) is 18.5 Å². The Kier molecular flexibility index (Phi) is 5.96. The maximum Gasteiger partial charge on any atom is 0.0222 e. The molecule has 1 unspecified atom stereocenters. The van der Waals surface area contributed by atoms with Gasteiger partial charge in [-0.2, -0.15) is 0 Å². The number of hydrogen-bond donors (Lipinski definition) is 1. The highest BCUT2D eigenvalue weighted by Gasteiger charge is 2.29. The Balaban J connectivity index is 1.44. The molecule has 21 heavy (non-hydrogen) atoms. The summed E-state index contributed by atoms with van der Waals surface area (Å²) in [6.07, 6.45) is 14.5. The Morgan fingerprint density at radius 2 is 1.43 bits per heavy atom. The van der Waals surface area contributed by atoms with Crippen molar-refractivity contribution in [3.63, 3.8) is 0 Å². The number of piperazine rings is 1. The summed E-state index contributed by atoms with van der Waals surface area (Å²) in [5, 5.41) is 0. The summed E-state index contributed by atoms with van der Waals surface area (Å²) in [7, 11) is 0. The first kappa shape index (κ1) is 15.8. The number of hydrogen-bond acceptors (Lipinski definition) is 3. The van der Waals surface area contributed by atoms with Crippen molar-refractivity contribution in [1.82, 2.24) is 9.80 Å². The zero-order valence-electron chi connectivity index (χ0n) is 13.8. The fourth-order valence-electron chi connectivity index (χ4n) is 4.94. The van der Waals surface area contributed by atoms with Gasteiger partial charge in [0, 0.05) is 44.8 Å². The van der Waals surface area contributed by atoms with Crippen molar-refractivity contribution < 1.29 is 0 Å². The second-order valence-electron chi connectivity index (χ2n) is 7.64. The Morgan fingerprint density at radius 1 is 0.810 bits per heavy atom. The third-order valence-electron chi connectivity index (χ3n) is 6.31. The zero-order valence-corrected chi connectivity index (χ0v) is 13.8. The van der Waals surface area contributed by atoms with Crippen LogP contribution in [-0.4, -0.2) is 54.6 Å². The van der Waals surface area contributed by atoms with Crippen LogP contribution >= 0.6 is 0 Å². The van der Waals surface area contributed by atoms with E-state index in [-0.39, 0.29) is 0 Å². The van der Waals surface area contributed by atoms with Crippen molar-refractivity contribution in [1.29, 1.82) is 0 Å². The Labute approximate surface area is 131 Å². The topological polar surface area (TPSA) is 32.5 Å². The van der Waals surface area contributed by atoms with Gasteiger partial charge < -0.3 is 5.73 Å². The quantitative estimate of drug-likeness (QED) is 0.846. The van der Waals surface area contributed by atoms with Gasteiger partial charge in [-0.25, -0.2) is 0 Å². The van der Waals surface area contributed by atoms with E-state index < -0.39 is 0 Å². The predicted octanol–water partition coefficient (Wildman–Crippen LogP) is 2.84. The van der Waals surface area contributed by atoms with Crippen molar-refractivity contribution >= 4 is 0 Å². The molecule has 0 aromatic carbocycles. The molecule has 3 heteroatoms. The molecule has 0 spiro atoms. The zero-order chi connectivity index (χ0) is 14.5. The summed E-state index contributed by atoms with van der Waals surface area (Å²) in [6.45, 7) is 5.94. The van der Waals surface area contributed by atoms with Gasteiger partial charge in [-0.1, -0.05) is 44.9 Å². The van der Waals surface area contributed by atoms with Crippen molar-refractivity contribution in [2.24, 2.45) is 11.7 Å². The van der Waals surface area contributed by atoms with Crippen LogP contribution < -0.4 is 5.73 Å². The summed E-state index contributed by atoms with van der Waals surface area (Å²) in [5.41, 5.74) is 6.12. The molecule has 2 saturated carbocycles. The lowest BCUT2D eigenvalue weighted by Crippen LogP contribution is -2.54. The minimum absolute atomic E-state index is 0.652. The fraction of sp³-hybridized carbons (Fsp3) is 1.00. The minimum atomic E-state index is 0.652. The number of rotatable bonds is 5. The molecule has 0 aromatic heterocycles. The van der Waals surface area contributed by atoms with Crippen LogP contribution in [0, 0.1) is 5.92 Å².